The highest BCUT2D eigenvalue weighted by Gasteiger charge is 2.38. The van der Waals surface area contributed by atoms with Gasteiger partial charge >= 0.3 is 0 Å². The normalized spacial score (nSPS) is 14.8. The Bertz CT molecular complexity index is 4030. The second-order valence-electron chi connectivity index (χ2n) is 19.9. The molecule has 1 atom stereocenters. The molecule has 312 valence electrons. The van der Waals surface area contributed by atoms with Crippen LogP contribution in [0.1, 0.15) is 72.6 Å². The van der Waals surface area contributed by atoms with Crippen LogP contribution in [0, 0.1) is 0 Å². The number of hydrogen-bond donors (Lipinski definition) is 0. The van der Waals surface area contributed by atoms with E-state index in [1.54, 1.807) is 0 Å². The summed E-state index contributed by atoms with van der Waals surface area (Å²) < 4.78 is 7.27. The molecule has 14 rings (SSSR count). The monoisotopic (exact) mass is 842 g/mol. The Hall–Kier alpha value is -7.74. The van der Waals surface area contributed by atoms with Crippen molar-refractivity contribution in [2.75, 3.05) is 0 Å². The third-order valence-electron chi connectivity index (χ3n) is 15.8. The van der Waals surface area contributed by atoms with E-state index in [9.17, 15) is 0 Å². The summed E-state index contributed by atoms with van der Waals surface area (Å²) >= 11 is 0. The molecule has 1 aromatic heterocycles. The number of benzene rings is 11. The van der Waals surface area contributed by atoms with Gasteiger partial charge in [0.2, 0.25) is 0 Å². The molecule has 11 aromatic carbocycles. The summed E-state index contributed by atoms with van der Waals surface area (Å²) in [7, 11) is 0. The standard InChI is InChI=1S/C65H46O/c1-64(2)55-25-13-11-22-48(55)50-32-29-40(36-57(50)64)60(39-28-31-47-45-20-8-7-18-43(45)44-19-9-10-21-46(44)53(47)35-39)52-24-15-27-59-62(52)54-34-38-16-5-6-17-42(38)61(63(54)66-59)41-30-33-51-49-23-12-14-26-56(49)65(3,4)58(51)37-41/h5-37,60H,1-4H3. The van der Waals surface area contributed by atoms with Gasteiger partial charge in [0.15, 0.2) is 0 Å². The second-order valence-corrected chi connectivity index (χ2v) is 19.9. The first-order valence-corrected chi connectivity index (χ1v) is 23.4. The molecule has 1 heteroatoms. The van der Waals surface area contributed by atoms with E-state index in [0.29, 0.717) is 0 Å². The summed E-state index contributed by atoms with van der Waals surface area (Å²) in [5, 5.41) is 12.4. The van der Waals surface area contributed by atoms with Crippen molar-refractivity contribution in [2.45, 2.75) is 44.4 Å². The molecule has 2 aliphatic rings. The van der Waals surface area contributed by atoms with E-state index in [4.69, 9.17) is 4.42 Å². The molecule has 0 amide bonds. The zero-order chi connectivity index (χ0) is 44.1. The Labute approximate surface area is 384 Å². The maximum absolute atomic E-state index is 7.27. The predicted octanol–water partition coefficient (Wildman–Crippen LogP) is 17.7. The molecule has 0 spiro atoms. The molecule has 2 aliphatic carbocycles. The number of furan rings is 1. The molecule has 0 radical (unpaired) electrons. The van der Waals surface area contributed by atoms with Gasteiger partial charge in [-0.25, -0.2) is 0 Å². The van der Waals surface area contributed by atoms with Crippen molar-refractivity contribution >= 4 is 65.0 Å². The van der Waals surface area contributed by atoms with E-state index in [1.807, 2.05) is 0 Å². The van der Waals surface area contributed by atoms with Crippen molar-refractivity contribution < 1.29 is 4.42 Å². The molecule has 1 nitrogen and oxygen atoms in total. The quantitative estimate of drug-likeness (QED) is 0.127. The van der Waals surface area contributed by atoms with Crippen LogP contribution in [0.25, 0.3) is 98.4 Å². The number of fused-ring (bicyclic) bond motifs is 16. The van der Waals surface area contributed by atoms with Crippen LogP contribution < -0.4 is 0 Å². The van der Waals surface area contributed by atoms with Gasteiger partial charge < -0.3 is 4.42 Å². The highest BCUT2D eigenvalue weighted by Crippen LogP contribution is 2.53. The highest BCUT2D eigenvalue weighted by molar-refractivity contribution is 6.25. The molecule has 66 heavy (non-hydrogen) atoms. The van der Waals surface area contributed by atoms with Crippen LogP contribution in [-0.4, -0.2) is 0 Å². The average Bonchev–Trinajstić information content (AvgIpc) is 3.92. The van der Waals surface area contributed by atoms with Gasteiger partial charge in [0.1, 0.15) is 11.2 Å². The summed E-state index contributed by atoms with van der Waals surface area (Å²) in [5.41, 5.74) is 18.5. The molecule has 1 unspecified atom stereocenters. The lowest BCUT2D eigenvalue weighted by Gasteiger charge is -2.25. The minimum Gasteiger partial charge on any atom is -0.455 e. The van der Waals surface area contributed by atoms with E-state index in [1.165, 1.54) is 115 Å². The van der Waals surface area contributed by atoms with Crippen LogP contribution in [0.5, 0.6) is 0 Å². The van der Waals surface area contributed by atoms with Gasteiger partial charge in [-0.3, -0.25) is 0 Å². The van der Waals surface area contributed by atoms with Gasteiger partial charge in [-0.15, -0.1) is 0 Å². The fourth-order valence-corrected chi connectivity index (χ4v) is 12.6. The fourth-order valence-electron chi connectivity index (χ4n) is 12.6. The molecule has 12 aromatic rings. The SMILES string of the molecule is CC1(C)c2ccccc2-c2ccc(-c3c4ccccc4cc4c3oc3cccc(C(c5ccc6c(c5)C(C)(C)c5ccccc5-6)c5ccc6c7ccccc7c7ccccc7c6c5)c34)cc21. The van der Waals surface area contributed by atoms with Gasteiger partial charge in [0.05, 0.1) is 0 Å². The second kappa shape index (κ2) is 13.4. The molecular weight excluding hydrogens is 797 g/mol. The third-order valence-corrected chi connectivity index (χ3v) is 15.8. The Kier molecular flexibility index (Phi) is 7.64. The third kappa shape index (κ3) is 5.06. The molecule has 0 saturated heterocycles. The molecule has 1 heterocycles. The lowest BCUT2D eigenvalue weighted by atomic mass is 9.78. The van der Waals surface area contributed by atoms with E-state index in [2.05, 4.69) is 228 Å². The fraction of sp³-hybridized carbons (Fsp3) is 0.108. The lowest BCUT2D eigenvalue weighted by Crippen LogP contribution is -2.15. The zero-order valence-electron chi connectivity index (χ0n) is 37.5. The Morgan fingerprint density at radius 1 is 0.364 bits per heavy atom. The zero-order valence-corrected chi connectivity index (χ0v) is 37.5. The van der Waals surface area contributed by atoms with E-state index in [-0.39, 0.29) is 16.7 Å². The topological polar surface area (TPSA) is 13.1 Å². The summed E-state index contributed by atoms with van der Waals surface area (Å²) in [6.45, 7) is 9.51. The van der Waals surface area contributed by atoms with Crippen molar-refractivity contribution in [3.05, 3.63) is 239 Å². The Balaban J connectivity index is 1.05. The summed E-state index contributed by atoms with van der Waals surface area (Å²) in [5.74, 6) is -0.0943. The van der Waals surface area contributed by atoms with Gasteiger partial charge in [-0.05, 0) is 134 Å². The minimum atomic E-state index is -0.140. The molecular formula is C65H46O. The van der Waals surface area contributed by atoms with Crippen LogP contribution in [0.2, 0.25) is 0 Å². The maximum Gasteiger partial charge on any atom is 0.143 e. The Morgan fingerprint density at radius 2 is 0.879 bits per heavy atom. The van der Waals surface area contributed by atoms with Gasteiger partial charge in [0, 0.05) is 33.1 Å². The maximum atomic E-state index is 7.27. The van der Waals surface area contributed by atoms with E-state index >= 15 is 0 Å². The van der Waals surface area contributed by atoms with E-state index in [0.717, 1.165) is 22.1 Å². The van der Waals surface area contributed by atoms with Crippen molar-refractivity contribution in [3.63, 3.8) is 0 Å². The van der Waals surface area contributed by atoms with Crippen LogP contribution >= 0.6 is 0 Å². The largest absolute Gasteiger partial charge is 0.455 e. The molecule has 0 aliphatic heterocycles. The Morgan fingerprint density at radius 3 is 1.56 bits per heavy atom. The molecule has 0 saturated carbocycles. The van der Waals surface area contributed by atoms with Gasteiger partial charge in [-0.1, -0.05) is 204 Å². The van der Waals surface area contributed by atoms with Crippen LogP contribution in [0.3, 0.4) is 0 Å². The summed E-state index contributed by atoms with van der Waals surface area (Å²) in [4.78, 5) is 0. The van der Waals surface area contributed by atoms with Crippen molar-refractivity contribution in [1.82, 2.24) is 0 Å². The smallest absolute Gasteiger partial charge is 0.143 e. The van der Waals surface area contributed by atoms with Crippen LogP contribution in [-0.2, 0) is 10.8 Å². The van der Waals surface area contributed by atoms with Crippen molar-refractivity contribution in [3.8, 4) is 33.4 Å². The molecule has 0 fully saturated rings. The molecule has 0 N–H and O–H groups in total. The average molecular weight is 843 g/mol. The first-order chi connectivity index (χ1) is 32.3. The van der Waals surface area contributed by atoms with Crippen LogP contribution in [0.15, 0.2) is 205 Å². The first-order valence-electron chi connectivity index (χ1n) is 23.4. The highest BCUT2D eigenvalue weighted by atomic mass is 16.3. The van der Waals surface area contributed by atoms with Gasteiger partial charge in [-0.2, -0.15) is 0 Å². The van der Waals surface area contributed by atoms with Crippen LogP contribution in [0.4, 0.5) is 0 Å². The van der Waals surface area contributed by atoms with Gasteiger partial charge in [0.25, 0.3) is 0 Å². The molecule has 0 bridgehead atoms. The lowest BCUT2D eigenvalue weighted by molar-refractivity contribution is 0.658. The predicted molar refractivity (Wildman–Crippen MR) is 278 cm³/mol. The van der Waals surface area contributed by atoms with Crippen molar-refractivity contribution in [1.29, 1.82) is 0 Å². The summed E-state index contributed by atoms with van der Waals surface area (Å²) in [6.07, 6.45) is 0. The van der Waals surface area contributed by atoms with Crippen molar-refractivity contribution in [2.24, 2.45) is 0 Å². The van der Waals surface area contributed by atoms with E-state index < -0.39 is 0 Å². The number of hydrogen-bond acceptors (Lipinski definition) is 1. The summed E-state index contributed by atoms with van der Waals surface area (Å²) in [6, 6.07) is 75.4. The number of rotatable bonds is 4. The minimum absolute atomic E-state index is 0.0943. The first kappa shape index (κ1) is 37.6.